The number of carbonyl (C=O) groups excluding carboxylic acids is 2. The second-order valence-corrected chi connectivity index (χ2v) is 7.66. The van der Waals surface area contributed by atoms with Crippen LogP contribution in [0.1, 0.15) is 37.7 Å². The molecule has 1 saturated heterocycles. The average Bonchev–Trinajstić information content (AvgIpc) is 3.30. The number of rotatable bonds is 6. The molecule has 1 aliphatic rings. The summed E-state index contributed by atoms with van der Waals surface area (Å²) in [6.45, 7) is 4.25. The lowest BCUT2D eigenvalue weighted by Crippen LogP contribution is -2.53. The Bertz CT molecular complexity index is 1250. The molecule has 4 rings (SSSR count). The molecule has 4 N–H and O–H groups in total. The van der Waals surface area contributed by atoms with Crippen molar-refractivity contribution in [3.8, 4) is 5.75 Å². The fraction of sp³-hybridized carbons (Fsp3) is 0.261. The normalized spacial score (nSPS) is 14.4. The summed E-state index contributed by atoms with van der Waals surface area (Å²) in [6, 6.07) is 5.24. The number of amides is 2. The zero-order valence-corrected chi connectivity index (χ0v) is 18.0. The van der Waals surface area contributed by atoms with Crippen molar-refractivity contribution in [3.63, 3.8) is 0 Å². The van der Waals surface area contributed by atoms with E-state index in [1.165, 1.54) is 6.08 Å². The molecule has 32 heavy (non-hydrogen) atoms. The van der Waals surface area contributed by atoms with E-state index in [0.717, 1.165) is 17.2 Å². The number of aliphatic hydroxyl groups is 1. The SMILES string of the molecule is CNC(=O)c1oc2cc(O/C(=C/C=N)c3[nH]cc(C(=O)N4CC(O)C4)c3C)ccc2c1C. The highest BCUT2D eigenvalue weighted by Gasteiger charge is 2.31. The third kappa shape index (κ3) is 3.67. The molecule has 0 radical (unpaired) electrons. The number of benzene rings is 1. The van der Waals surface area contributed by atoms with Crippen LogP contribution in [0.3, 0.4) is 0 Å². The molecule has 3 aromatic rings. The number of furan rings is 1. The summed E-state index contributed by atoms with van der Waals surface area (Å²) in [5.74, 6) is 0.581. The molecule has 2 aromatic heterocycles. The number of aliphatic hydroxyl groups excluding tert-OH is 1. The zero-order chi connectivity index (χ0) is 23.0. The lowest BCUT2D eigenvalue weighted by molar-refractivity contribution is 0.00585. The van der Waals surface area contributed by atoms with Crippen LogP contribution >= 0.6 is 0 Å². The summed E-state index contributed by atoms with van der Waals surface area (Å²) in [7, 11) is 1.54. The Morgan fingerprint density at radius 3 is 2.72 bits per heavy atom. The van der Waals surface area contributed by atoms with Crippen LogP contribution < -0.4 is 10.1 Å². The maximum absolute atomic E-state index is 12.7. The van der Waals surface area contributed by atoms with Gasteiger partial charge < -0.3 is 34.9 Å². The number of hydrogen-bond acceptors (Lipinski definition) is 6. The number of fused-ring (bicyclic) bond motifs is 1. The molecule has 9 nitrogen and oxygen atoms in total. The molecule has 0 aliphatic carbocycles. The molecule has 9 heteroatoms. The number of allylic oxidation sites excluding steroid dienone is 1. The smallest absolute Gasteiger partial charge is 0.287 e. The van der Waals surface area contributed by atoms with Crippen LogP contribution in [0.4, 0.5) is 0 Å². The van der Waals surface area contributed by atoms with Crippen LogP contribution in [0.5, 0.6) is 5.75 Å². The number of hydrogen-bond donors (Lipinski definition) is 4. The standard InChI is InChI=1S/C23H24N4O5/c1-12-17(23(30)27-10-14(28)11-27)9-26-20(12)18(6-7-24)31-15-4-5-16-13(2)21(22(29)25-3)32-19(16)8-15/h4-9,14,24,26,28H,10-11H2,1-3H3,(H,25,29)/b18-6+,24-7?. The molecule has 3 heterocycles. The Labute approximate surface area is 184 Å². The summed E-state index contributed by atoms with van der Waals surface area (Å²) in [4.78, 5) is 29.3. The van der Waals surface area contributed by atoms with Crippen molar-refractivity contribution >= 4 is 34.8 Å². The van der Waals surface area contributed by atoms with E-state index in [-0.39, 0.29) is 17.6 Å². The molecule has 166 valence electrons. The zero-order valence-electron chi connectivity index (χ0n) is 18.0. The van der Waals surface area contributed by atoms with E-state index in [1.807, 2.05) is 13.0 Å². The molecule has 1 aromatic carbocycles. The van der Waals surface area contributed by atoms with Gasteiger partial charge in [-0.15, -0.1) is 0 Å². The van der Waals surface area contributed by atoms with E-state index >= 15 is 0 Å². The third-order valence-electron chi connectivity index (χ3n) is 5.57. The van der Waals surface area contributed by atoms with Crippen molar-refractivity contribution in [2.45, 2.75) is 20.0 Å². The molecular formula is C23H24N4O5. The number of nitrogens with one attached hydrogen (secondary N) is 3. The third-order valence-corrected chi connectivity index (χ3v) is 5.57. The number of aromatic nitrogens is 1. The predicted octanol–water partition coefficient (Wildman–Crippen LogP) is 2.62. The molecule has 0 saturated carbocycles. The summed E-state index contributed by atoms with van der Waals surface area (Å²) < 4.78 is 11.7. The van der Waals surface area contributed by atoms with Crippen molar-refractivity contribution in [1.29, 1.82) is 5.41 Å². The van der Waals surface area contributed by atoms with Crippen LogP contribution in [-0.4, -0.2) is 59.3 Å². The minimum Gasteiger partial charge on any atom is -0.455 e. The van der Waals surface area contributed by atoms with Crippen LogP contribution in [-0.2, 0) is 0 Å². The quantitative estimate of drug-likeness (QED) is 0.348. The molecule has 0 unspecified atom stereocenters. The number of nitrogens with zero attached hydrogens (tertiary/aromatic N) is 1. The average molecular weight is 436 g/mol. The van der Waals surface area contributed by atoms with Crippen molar-refractivity contribution in [1.82, 2.24) is 15.2 Å². The van der Waals surface area contributed by atoms with Crippen LogP contribution in [0.25, 0.3) is 16.7 Å². The lowest BCUT2D eigenvalue weighted by Gasteiger charge is -2.35. The summed E-state index contributed by atoms with van der Waals surface area (Å²) >= 11 is 0. The fourth-order valence-corrected chi connectivity index (χ4v) is 3.74. The van der Waals surface area contributed by atoms with Gasteiger partial charge in [-0.3, -0.25) is 9.59 Å². The van der Waals surface area contributed by atoms with Crippen LogP contribution in [0.15, 0.2) is 34.9 Å². The van der Waals surface area contributed by atoms with Gasteiger partial charge in [0.1, 0.15) is 11.3 Å². The molecule has 1 aliphatic heterocycles. The largest absolute Gasteiger partial charge is 0.455 e. The topological polar surface area (TPSA) is 132 Å². The number of H-pyrrole nitrogens is 1. The van der Waals surface area contributed by atoms with Crippen molar-refractivity contribution in [3.05, 3.63) is 58.6 Å². The molecule has 2 amide bonds. The molecule has 1 fully saturated rings. The first-order valence-electron chi connectivity index (χ1n) is 10.1. The Morgan fingerprint density at radius 2 is 2.06 bits per heavy atom. The van der Waals surface area contributed by atoms with Crippen molar-refractivity contribution < 1.29 is 23.8 Å². The number of carbonyl (C=O) groups is 2. The molecule has 0 bridgehead atoms. The van der Waals surface area contributed by atoms with E-state index in [4.69, 9.17) is 14.6 Å². The number of aryl methyl sites for hydroxylation is 1. The van der Waals surface area contributed by atoms with Gasteiger partial charge in [-0.2, -0.15) is 0 Å². The van der Waals surface area contributed by atoms with Gasteiger partial charge >= 0.3 is 0 Å². The highest BCUT2D eigenvalue weighted by Crippen LogP contribution is 2.31. The van der Waals surface area contributed by atoms with E-state index in [0.29, 0.717) is 47.0 Å². The fourth-order valence-electron chi connectivity index (χ4n) is 3.74. The number of likely N-dealkylation sites (tertiary alicyclic amines) is 1. The van der Waals surface area contributed by atoms with E-state index in [2.05, 4.69) is 10.3 Å². The van der Waals surface area contributed by atoms with Crippen LogP contribution in [0, 0.1) is 19.3 Å². The summed E-state index contributed by atoms with van der Waals surface area (Å²) in [5.41, 5.74) is 2.98. The van der Waals surface area contributed by atoms with Crippen LogP contribution in [0.2, 0.25) is 0 Å². The van der Waals surface area contributed by atoms with Gasteiger partial charge in [0.2, 0.25) is 0 Å². The first kappa shape index (κ1) is 21.4. The highest BCUT2D eigenvalue weighted by atomic mass is 16.5. The first-order valence-corrected chi connectivity index (χ1v) is 10.1. The first-order chi connectivity index (χ1) is 15.3. The Hall–Kier alpha value is -3.85. The van der Waals surface area contributed by atoms with Crippen molar-refractivity contribution in [2.24, 2.45) is 0 Å². The van der Waals surface area contributed by atoms with Crippen molar-refractivity contribution in [2.75, 3.05) is 20.1 Å². The van der Waals surface area contributed by atoms with E-state index < -0.39 is 6.10 Å². The lowest BCUT2D eigenvalue weighted by atomic mass is 10.1. The second kappa shape index (κ2) is 8.35. The number of aromatic amines is 1. The van der Waals surface area contributed by atoms with Gasteiger partial charge in [-0.1, -0.05) is 0 Å². The Kier molecular flexibility index (Phi) is 5.58. The number of β-amino-alcohol motifs (C(OH)–C–C–N with tert-alkyl or cyclic N) is 1. The Morgan fingerprint density at radius 1 is 1.31 bits per heavy atom. The van der Waals surface area contributed by atoms with E-state index in [9.17, 15) is 14.7 Å². The molecular weight excluding hydrogens is 412 g/mol. The van der Waals surface area contributed by atoms with Gasteiger partial charge in [0.15, 0.2) is 11.5 Å². The van der Waals surface area contributed by atoms with Gasteiger partial charge in [-0.05, 0) is 31.5 Å². The summed E-state index contributed by atoms with van der Waals surface area (Å²) in [5, 5.41) is 20.3. The van der Waals surface area contributed by atoms with Gasteiger partial charge in [-0.25, -0.2) is 0 Å². The minimum absolute atomic E-state index is 0.168. The molecule has 0 spiro atoms. The van der Waals surface area contributed by atoms with Gasteiger partial charge in [0.05, 0.1) is 17.4 Å². The maximum Gasteiger partial charge on any atom is 0.287 e. The maximum atomic E-state index is 12.7. The predicted molar refractivity (Wildman–Crippen MR) is 119 cm³/mol. The molecule has 0 atom stereocenters. The van der Waals surface area contributed by atoms with Gasteiger partial charge in [0.25, 0.3) is 11.8 Å². The minimum atomic E-state index is -0.474. The second-order valence-electron chi connectivity index (χ2n) is 7.66. The summed E-state index contributed by atoms with van der Waals surface area (Å²) in [6.07, 6.45) is 3.71. The van der Waals surface area contributed by atoms with Gasteiger partial charge in [0, 0.05) is 55.6 Å². The highest BCUT2D eigenvalue weighted by molar-refractivity contribution is 5.99. The number of ether oxygens (including phenoxy) is 1. The Balaban J connectivity index is 1.63. The van der Waals surface area contributed by atoms with E-state index in [1.54, 1.807) is 37.2 Å². The monoisotopic (exact) mass is 436 g/mol.